The van der Waals surface area contributed by atoms with E-state index >= 15 is 0 Å². The first-order valence-electron chi connectivity index (χ1n) is 31.4. The van der Waals surface area contributed by atoms with Crippen LogP contribution < -0.4 is 42.5 Å². The minimum absolute atomic E-state index is 0. The van der Waals surface area contributed by atoms with Gasteiger partial charge in [-0.05, 0) is 144 Å². The van der Waals surface area contributed by atoms with Crippen molar-refractivity contribution in [2.75, 3.05) is 47.9 Å². The number of carboxylic acid groups (broad SMARTS) is 1. The minimum atomic E-state index is -4.64. The number of benzene rings is 1. The topological polar surface area (TPSA) is 253 Å². The lowest BCUT2D eigenvalue weighted by Crippen LogP contribution is -2.50. The number of carbonyl (C=O) groups excluding carboxylic acids is 3. The zero-order valence-corrected chi connectivity index (χ0v) is 55.8. The molecule has 9 heterocycles. The predicted octanol–water partition coefficient (Wildman–Crippen LogP) is 14.6. The molecule has 5 aromatic heterocycles. The van der Waals surface area contributed by atoms with Crippen LogP contribution in [0, 0.1) is 6.92 Å². The number of alkyl halides is 3. The Kier molecular flexibility index (Phi) is 28.0. The molecule has 0 radical (unpaired) electrons. The van der Waals surface area contributed by atoms with Crippen molar-refractivity contribution >= 4 is 115 Å². The molecule has 0 saturated heterocycles. The molecule has 4 aliphatic carbocycles. The molecule has 4 saturated carbocycles. The number of rotatable bonds is 6. The van der Waals surface area contributed by atoms with Crippen molar-refractivity contribution in [2.45, 2.75) is 193 Å². The van der Waals surface area contributed by atoms with E-state index in [0.29, 0.717) is 24.4 Å². The van der Waals surface area contributed by atoms with Gasteiger partial charge >= 0.3 is 12.1 Å². The number of carboxylic acids is 1. The van der Waals surface area contributed by atoms with E-state index in [-0.39, 0.29) is 63.1 Å². The molecule has 4 spiro atoms. The van der Waals surface area contributed by atoms with E-state index in [1.807, 2.05) is 61.8 Å². The maximum Gasteiger partial charge on any atom is 0.446 e. The average Bonchev–Trinajstić information content (AvgIpc) is 1.71. The van der Waals surface area contributed by atoms with Gasteiger partial charge in [-0.25, -0.2) is 24.7 Å². The van der Waals surface area contributed by atoms with Crippen LogP contribution in [0.4, 0.5) is 36.4 Å². The van der Waals surface area contributed by atoms with Gasteiger partial charge in [-0.1, -0.05) is 91.8 Å². The number of hydrogen-bond donors (Lipinski definition) is 9. The SMILES string of the molecule is Brc1cnc2c(c1)CNC1(CCCC1)CN2.C.C.C.Cc1c(CN(C)C(=O)/C=C/c2cnc3c(c2)CNC2(CCCC2)CN3)oc2ccccc12.Cl.O=C(O)/C=C/c1cnc2c(c1)CNC1(CCCC1)CN2.O=C1Nc2ncc(Br)cc2CNC12CCCC2.O=CC(F)(F)F. The number of likely N-dealkylation sites (N-methyl/N-ethyl adjacent to an activating group) is 1. The number of halogens is 6. The molecule has 19 nitrogen and oxygen atoms in total. The fourth-order valence-electron chi connectivity index (χ4n) is 13.4. The lowest BCUT2D eigenvalue weighted by atomic mass is 9.97. The van der Waals surface area contributed by atoms with Gasteiger partial charge < -0.3 is 51.6 Å². The minimum Gasteiger partial charge on any atom is -0.478 e. The summed E-state index contributed by atoms with van der Waals surface area (Å²) in [5.74, 6) is 3.47. The number of nitrogens with one attached hydrogen (secondary N) is 8. The third kappa shape index (κ3) is 20.2. The second-order valence-electron chi connectivity index (χ2n) is 25.1. The predicted molar refractivity (Wildman–Crippen MR) is 381 cm³/mol. The third-order valence-corrected chi connectivity index (χ3v) is 19.5. The average molecular weight is 1460 g/mol. The van der Waals surface area contributed by atoms with E-state index < -0.39 is 18.4 Å². The Bertz CT molecular complexity index is 3640. The molecule has 25 heteroatoms. The molecule has 516 valence electrons. The monoisotopic (exact) mass is 1460 g/mol. The van der Waals surface area contributed by atoms with Gasteiger partial charge in [0.25, 0.3) is 0 Å². The van der Waals surface area contributed by atoms with E-state index in [0.717, 1.165) is 148 Å². The number of nitrogens with zero attached hydrogens (tertiary/aromatic N) is 5. The standard InChI is InChI=1S/C26H30N4O2.C15H19N3O2.C12H14BrN3O.C12H16BrN3.C2HF3O.3CH4.ClH/c1-18-21-7-3-4-8-22(21)32-23(18)16-30(2)24(31)10-9-19-13-20-15-29-26(11-5-6-12-26)17-28-25(20)27-14-19;19-13(20)4-3-11-7-12-9-18-15(5-1-2-6-15)10-17-14(12)16-8-11;13-9-5-8-6-15-12(3-1-2-4-12)11(17)16-10(8)14-7-9;13-10-5-9-6-16-12(3-1-2-4-12)8-15-11(9)14-7-10;3-2(4,5)1-6;;;;/h3-4,7-10,13-14,29H,5-6,11-12,15-17H2,1-2H3,(H,27,28);3-4,7-8,18H,1-2,5-6,9-10H2,(H,16,17)(H,19,20);5,7,15H,1-4,6H2,(H,14,16,17);5,7,16H,1-4,6,8H2,(H,14,15);1H;3*1H4;1H/b10-9+;4-3+;;;;;;;. The first-order valence-corrected chi connectivity index (χ1v) is 33.0. The third-order valence-electron chi connectivity index (χ3n) is 18.7. The van der Waals surface area contributed by atoms with Crippen molar-refractivity contribution in [3.8, 4) is 0 Å². The number of aldehydes is 1. The van der Waals surface area contributed by atoms with Gasteiger partial charge in [-0.3, -0.25) is 19.7 Å². The Morgan fingerprint density at radius 2 is 1.02 bits per heavy atom. The second-order valence-corrected chi connectivity index (χ2v) is 26.9. The molecular weight excluding hydrogens is 1370 g/mol. The Morgan fingerprint density at radius 1 is 0.621 bits per heavy atom. The van der Waals surface area contributed by atoms with E-state index in [4.69, 9.17) is 14.3 Å². The van der Waals surface area contributed by atoms with Gasteiger partial charge in [-0.2, -0.15) is 13.2 Å². The molecule has 14 rings (SSSR count). The van der Waals surface area contributed by atoms with Crippen LogP contribution in [0.3, 0.4) is 0 Å². The van der Waals surface area contributed by atoms with Crippen LogP contribution in [0.15, 0.2) is 98.8 Å². The number of furan rings is 1. The van der Waals surface area contributed by atoms with Gasteiger partial charge in [0.2, 0.25) is 18.1 Å². The number of anilines is 4. The summed E-state index contributed by atoms with van der Waals surface area (Å²) in [6, 6.07) is 16.2. The first-order chi connectivity index (χ1) is 43.7. The molecule has 8 aliphatic rings. The number of aliphatic carboxylic acids is 1. The fraction of sp³-hybridized carbons (Fsp3) is 0.486. The Hall–Kier alpha value is -6.80. The zero-order chi connectivity index (χ0) is 64.2. The van der Waals surface area contributed by atoms with Crippen LogP contribution in [0.5, 0.6) is 0 Å². The summed E-state index contributed by atoms with van der Waals surface area (Å²) < 4.78 is 39.2. The zero-order valence-electron chi connectivity index (χ0n) is 51.8. The largest absolute Gasteiger partial charge is 0.478 e. The highest BCUT2D eigenvalue weighted by Gasteiger charge is 2.43. The second kappa shape index (κ2) is 34.4. The van der Waals surface area contributed by atoms with Gasteiger partial charge in [0, 0.05) is 149 Å². The highest BCUT2D eigenvalue weighted by molar-refractivity contribution is 9.10. The molecule has 1 aromatic carbocycles. The molecule has 95 heavy (non-hydrogen) atoms. The smallest absolute Gasteiger partial charge is 0.446 e. The van der Waals surface area contributed by atoms with Gasteiger partial charge in [0.1, 0.15) is 34.6 Å². The molecule has 0 atom stereocenters. The van der Waals surface area contributed by atoms with Gasteiger partial charge in [-0.15, -0.1) is 12.4 Å². The van der Waals surface area contributed by atoms with Gasteiger partial charge in [0.05, 0.1) is 12.1 Å². The van der Waals surface area contributed by atoms with Crippen molar-refractivity contribution in [3.63, 3.8) is 0 Å². The van der Waals surface area contributed by atoms with Gasteiger partial charge in [0.15, 0.2) is 0 Å². The molecule has 0 unspecified atom stereocenters. The molecule has 6 aromatic rings. The van der Waals surface area contributed by atoms with Crippen molar-refractivity contribution in [1.82, 2.24) is 46.1 Å². The number of hydrogen-bond acceptors (Lipinski definition) is 16. The summed E-state index contributed by atoms with van der Waals surface area (Å²) in [5.41, 5.74) is 8.58. The van der Waals surface area contributed by atoms with E-state index in [9.17, 15) is 27.6 Å². The maximum absolute atomic E-state index is 12.7. The first kappa shape index (κ1) is 77.2. The van der Waals surface area contributed by atoms with Crippen LogP contribution in [-0.2, 0) is 51.9 Å². The normalized spacial score (nSPS) is 18.7. The number of fused-ring (bicyclic) bond motifs is 5. The summed E-state index contributed by atoms with van der Waals surface area (Å²) in [4.78, 5) is 63.6. The van der Waals surface area contributed by atoms with E-state index in [1.165, 1.54) is 82.6 Å². The fourth-order valence-corrected chi connectivity index (χ4v) is 14.2. The Labute approximate surface area is 579 Å². The molecule has 9 N–H and O–H groups in total. The van der Waals surface area contributed by atoms with Crippen LogP contribution in [0.1, 0.15) is 170 Å². The van der Waals surface area contributed by atoms with E-state index in [1.54, 1.807) is 36.5 Å². The lowest BCUT2D eigenvalue weighted by Gasteiger charge is -2.28. The number of carbonyl (C=O) groups is 4. The number of aryl methyl sites for hydroxylation is 1. The number of pyridine rings is 4. The van der Waals surface area contributed by atoms with Crippen molar-refractivity contribution in [3.05, 3.63) is 139 Å². The summed E-state index contributed by atoms with van der Waals surface area (Å²) in [6.45, 7) is 8.52. The van der Waals surface area contributed by atoms with Crippen molar-refractivity contribution in [2.24, 2.45) is 0 Å². The molecule has 4 aliphatic heterocycles. The van der Waals surface area contributed by atoms with Crippen molar-refractivity contribution in [1.29, 1.82) is 0 Å². The Morgan fingerprint density at radius 3 is 1.47 bits per heavy atom. The molecule has 2 amide bonds. The summed E-state index contributed by atoms with van der Waals surface area (Å²) >= 11 is 6.88. The summed E-state index contributed by atoms with van der Waals surface area (Å²) in [6.07, 6.45) is 26.9. The summed E-state index contributed by atoms with van der Waals surface area (Å²) in [7, 11) is 1.80. The highest BCUT2D eigenvalue weighted by Crippen LogP contribution is 2.38. The number of amides is 2. The van der Waals surface area contributed by atoms with Crippen LogP contribution in [0.25, 0.3) is 23.1 Å². The van der Waals surface area contributed by atoms with Crippen LogP contribution in [-0.4, -0.2) is 109 Å². The summed E-state index contributed by atoms with van der Waals surface area (Å²) in [5, 5.41) is 37.7. The van der Waals surface area contributed by atoms with E-state index in [2.05, 4.69) is 106 Å². The van der Waals surface area contributed by atoms with Crippen LogP contribution in [0.2, 0.25) is 0 Å². The highest BCUT2D eigenvalue weighted by atomic mass is 79.9. The molecule has 4 fully saturated rings. The number of aromatic nitrogens is 4. The van der Waals surface area contributed by atoms with Crippen LogP contribution >= 0.6 is 44.3 Å². The van der Waals surface area contributed by atoms with Crippen molar-refractivity contribution < 1.29 is 41.9 Å². The Balaban J connectivity index is 0.000000199. The maximum atomic E-state index is 12.7. The lowest BCUT2D eigenvalue weighted by molar-refractivity contribution is -0.156. The molecule has 0 bridgehead atoms. The quantitative estimate of drug-likeness (QED) is 0.0555. The molecular formula is C70H93Br2ClF3N13O6. The number of para-hydroxylation sites is 1.